The minimum Gasteiger partial charge on any atom is -0.482 e. The van der Waals surface area contributed by atoms with Gasteiger partial charge >= 0.3 is 5.97 Å². The van der Waals surface area contributed by atoms with Crippen LogP contribution in [0.3, 0.4) is 0 Å². The number of aliphatic carboxylic acids is 1. The molecule has 1 atom stereocenters. The van der Waals surface area contributed by atoms with E-state index in [0.717, 1.165) is 6.26 Å². The molecule has 0 spiro atoms. The summed E-state index contributed by atoms with van der Waals surface area (Å²) in [6.45, 7) is 3.30. The number of nitrogens with zero attached hydrogens (tertiary/aromatic N) is 1. The van der Waals surface area contributed by atoms with Crippen molar-refractivity contribution in [1.82, 2.24) is 4.90 Å². The van der Waals surface area contributed by atoms with Crippen LogP contribution in [0.2, 0.25) is 0 Å². The SMILES string of the molecule is CCN(C(=O)c1cccc(OCC(=O)O)c1)C(C)CS(C)(=O)=O. The molecule has 0 aliphatic heterocycles. The van der Waals surface area contributed by atoms with E-state index in [1.54, 1.807) is 32.0 Å². The molecule has 23 heavy (non-hydrogen) atoms. The molecule has 1 N–H and O–H groups in total. The van der Waals surface area contributed by atoms with Gasteiger partial charge in [-0.1, -0.05) is 6.07 Å². The summed E-state index contributed by atoms with van der Waals surface area (Å²) in [6, 6.07) is 5.69. The molecule has 0 fully saturated rings. The molecule has 7 nitrogen and oxygen atoms in total. The Labute approximate surface area is 135 Å². The Hall–Kier alpha value is -2.09. The standard InChI is InChI=1S/C15H21NO6S/c1-4-16(11(2)10-23(3,20)21)15(19)12-6-5-7-13(8-12)22-9-14(17)18/h5-8,11H,4,9-10H2,1-3H3,(H,17,18). The molecule has 0 aliphatic carbocycles. The monoisotopic (exact) mass is 343 g/mol. The summed E-state index contributed by atoms with van der Waals surface area (Å²) in [5, 5.41) is 8.60. The Morgan fingerprint density at radius 3 is 2.52 bits per heavy atom. The average Bonchev–Trinajstić information content (AvgIpc) is 2.44. The number of rotatable bonds is 8. The van der Waals surface area contributed by atoms with Crippen LogP contribution in [0, 0.1) is 0 Å². The normalized spacial score (nSPS) is 12.5. The molecular weight excluding hydrogens is 322 g/mol. The molecule has 0 bridgehead atoms. The fraction of sp³-hybridized carbons (Fsp3) is 0.467. The Morgan fingerprint density at radius 2 is 2.00 bits per heavy atom. The number of hydrogen-bond donors (Lipinski definition) is 1. The summed E-state index contributed by atoms with van der Waals surface area (Å²) in [4.78, 5) is 24.5. The van der Waals surface area contributed by atoms with E-state index in [-0.39, 0.29) is 17.4 Å². The molecule has 0 radical (unpaired) electrons. The van der Waals surface area contributed by atoms with Crippen LogP contribution in [0.25, 0.3) is 0 Å². The number of amides is 1. The third kappa shape index (κ3) is 6.27. The average molecular weight is 343 g/mol. The molecule has 0 saturated heterocycles. The Bertz CT molecular complexity index is 670. The third-order valence-corrected chi connectivity index (χ3v) is 4.21. The predicted molar refractivity (Wildman–Crippen MR) is 85.5 cm³/mol. The van der Waals surface area contributed by atoms with Gasteiger partial charge in [0.05, 0.1) is 5.75 Å². The highest BCUT2D eigenvalue weighted by Gasteiger charge is 2.23. The minimum absolute atomic E-state index is 0.123. The quantitative estimate of drug-likeness (QED) is 0.757. The first-order valence-corrected chi connectivity index (χ1v) is 9.13. The van der Waals surface area contributed by atoms with E-state index in [1.165, 1.54) is 11.0 Å². The predicted octanol–water partition coefficient (Wildman–Crippen LogP) is 1.05. The maximum Gasteiger partial charge on any atom is 0.341 e. The van der Waals surface area contributed by atoms with Crippen LogP contribution >= 0.6 is 0 Å². The maximum atomic E-state index is 12.6. The maximum absolute atomic E-state index is 12.6. The zero-order chi connectivity index (χ0) is 17.6. The van der Waals surface area contributed by atoms with E-state index in [4.69, 9.17) is 9.84 Å². The lowest BCUT2D eigenvalue weighted by Gasteiger charge is -2.27. The molecule has 0 heterocycles. The Morgan fingerprint density at radius 1 is 1.35 bits per heavy atom. The van der Waals surface area contributed by atoms with Gasteiger partial charge in [-0.25, -0.2) is 13.2 Å². The molecule has 1 rings (SSSR count). The van der Waals surface area contributed by atoms with Crippen LogP contribution in [0.15, 0.2) is 24.3 Å². The van der Waals surface area contributed by atoms with Crippen LogP contribution in [0.1, 0.15) is 24.2 Å². The van der Waals surface area contributed by atoms with Gasteiger partial charge in [-0.05, 0) is 32.0 Å². The van der Waals surface area contributed by atoms with E-state index in [2.05, 4.69) is 0 Å². The van der Waals surface area contributed by atoms with E-state index in [1.807, 2.05) is 0 Å². The second-order valence-electron chi connectivity index (χ2n) is 5.24. The summed E-state index contributed by atoms with van der Waals surface area (Å²) in [7, 11) is -3.20. The van der Waals surface area contributed by atoms with Crippen molar-refractivity contribution >= 4 is 21.7 Å². The number of ether oxygens (including phenoxy) is 1. The van der Waals surface area contributed by atoms with Crippen molar-refractivity contribution in [3.05, 3.63) is 29.8 Å². The van der Waals surface area contributed by atoms with Crippen LogP contribution < -0.4 is 4.74 Å². The van der Waals surface area contributed by atoms with Gasteiger partial charge in [0, 0.05) is 24.4 Å². The van der Waals surface area contributed by atoms with Crippen molar-refractivity contribution in [1.29, 1.82) is 0 Å². The molecule has 0 aliphatic rings. The topological polar surface area (TPSA) is 101 Å². The molecule has 1 unspecified atom stereocenters. The minimum atomic E-state index is -3.20. The summed E-state index contributed by atoms with van der Waals surface area (Å²) in [6.07, 6.45) is 1.13. The molecule has 8 heteroatoms. The first-order valence-electron chi connectivity index (χ1n) is 7.07. The molecule has 128 valence electrons. The molecule has 1 amide bonds. The molecule has 0 saturated carbocycles. The fourth-order valence-corrected chi connectivity index (χ4v) is 3.27. The van der Waals surface area contributed by atoms with Gasteiger partial charge < -0.3 is 14.7 Å². The lowest BCUT2D eigenvalue weighted by Crippen LogP contribution is -2.42. The zero-order valence-electron chi connectivity index (χ0n) is 13.4. The van der Waals surface area contributed by atoms with Crippen molar-refractivity contribution in [2.75, 3.05) is 25.2 Å². The van der Waals surface area contributed by atoms with Gasteiger partial charge in [0.25, 0.3) is 5.91 Å². The van der Waals surface area contributed by atoms with E-state index >= 15 is 0 Å². The van der Waals surface area contributed by atoms with Crippen LogP contribution in [0.5, 0.6) is 5.75 Å². The number of sulfone groups is 1. The van der Waals surface area contributed by atoms with Crippen LogP contribution in [-0.2, 0) is 14.6 Å². The summed E-state index contributed by atoms with van der Waals surface area (Å²) < 4.78 is 27.9. The summed E-state index contributed by atoms with van der Waals surface area (Å²) in [5.41, 5.74) is 0.315. The number of benzene rings is 1. The van der Waals surface area contributed by atoms with Crippen molar-refractivity contribution in [3.8, 4) is 5.75 Å². The van der Waals surface area contributed by atoms with Gasteiger partial charge in [0.1, 0.15) is 15.6 Å². The largest absolute Gasteiger partial charge is 0.482 e. The van der Waals surface area contributed by atoms with Crippen molar-refractivity contribution in [2.24, 2.45) is 0 Å². The van der Waals surface area contributed by atoms with Crippen molar-refractivity contribution < 1.29 is 27.9 Å². The third-order valence-electron chi connectivity index (χ3n) is 3.12. The summed E-state index contributed by atoms with van der Waals surface area (Å²) in [5.74, 6) is -1.30. The molecular formula is C15H21NO6S. The van der Waals surface area contributed by atoms with Gasteiger partial charge in [-0.2, -0.15) is 0 Å². The van der Waals surface area contributed by atoms with Gasteiger partial charge in [0.2, 0.25) is 0 Å². The number of carbonyl (C=O) groups excluding carboxylic acids is 1. The van der Waals surface area contributed by atoms with Crippen molar-refractivity contribution in [3.63, 3.8) is 0 Å². The first-order chi connectivity index (χ1) is 10.6. The van der Waals surface area contributed by atoms with E-state index < -0.39 is 28.5 Å². The number of carboxylic acids is 1. The number of carbonyl (C=O) groups is 2. The van der Waals surface area contributed by atoms with Crippen LogP contribution in [0.4, 0.5) is 0 Å². The van der Waals surface area contributed by atoms with Crippen LogP contribution in [-0.4, -0.2) is 61.5 Å². The van der Waals surface area contributed by atoms with E-state index in [0.29, 0.717) is 12.1 Å². The second kappa shape index (κ2) is 7.96. The first kappa shape index (κ1) is 19.0. The second-order valence-corrected chi connectivity index (χ2v) is 7.43. The molecule has 1 aromatic carbocycles. The van der Waals surface area contributed by atoms with Crippen molar-refractivity contribution in [2.45, 2.75) is 19.9 Å². The fourth-order valence-electron chi connectivity index (χ4n) is 2.21. The zero-order valence-corrected chi connectivity index (χ0v) is 14.2. The molecule has 0 aromatic heterocycles. The smallest absolute Gasteiger partial charge is 0.341 e. The Balaban J connectivity index is 2.93. The lowest BCUT2D eigenvalue weighted by molar-refractivity contribution is -0.139. The van der Waals surface area contributed by atoms with E-state index in [9.17, 15) is 18.0 Å². The van der Waals surface area contributed by atoms with Gasteiger partial charge in [-0.15, -0.1) is 0 Å². The number of hydrogen-bond acceptors (Lipinski definition) is 5. The summed E-state index contributed by atoms with van der Waals surface area (Å²) >= 11 is 0. The lowest BCUT2D eigenvalue weighted by atomic mass is 10.1. The van der Waals surface area contributed by atoms with Gasteiger partial charge in [0.15, 0.2) is 6.61 Å². The highest BCUT2D eigenvalue weighted by atomic mass is 32.2. The highest BCUT2D eigenvalue weighted by molar-refractivity contribution is 7.90. The Kier molecular flexibility index (Phi) is 6.56. The van der Waals surface area contributed by atoms with Gasteiger partial charge in [-0.3, -0.25) is 4.79 Å². The highest BCUT2D eigenvalue weighted by Crippen LogP contribution is 2.16. The number of carboxylic acid groups (broad SMARTS) is 1. The molecule has 1 aromatic rings.